The summed E-state index contributed by atoms with van der Waals surface area (Å²) in [6, 6.07) is 7.53. The first-order chi connectivity index (χ1) is 25.9. The Labute approximate surface area is 328 Å². The molecule has 12 nitrogen and oxygen atoms in total. The van der Waals surface area contributed by atoms with Gasteiger partial charge in [0.05, 0.1) is 55.0 Å². The Morgan fingerprint density at radius 3 is 2.54 bits per heavy atom. The van der Waals surface area contributed by atoms with Gasteiger partial charge in [-0.1, -0.05) is 59.7 Å². The fraction of sp³-hybridized carbons (Fsp3) is 0.610. The zero-order valence-electron chi connectivity index (χ0n) is 32.4. The van der Waals surface area contributed by atoms with Crippen LogP contribution in [0.25, 0.3) is 0 Å². The average Bonchev–Trinajstić information content (AvgIpc) is 3.93. The maximum atomic E-state index is 12.9. The summed E-state index contributed by atoms with van der Waals surface area (Å²) in [7, 11) is 0. The van der Waals surface area contributed by atoms with E-state index in [1.165, 1.54) is 0 Å². The Kier molecular flexibility index (Phi) is 17.4. The SMILES string of the molecule is CC/C=C\C(=O)N[C@@H]1C[C@H](C)[C@H](C/C=C(C)/C=C/[C@H]2O[C@H](CC(=O)N/N=C(\C)c3ccc(OCCCCCNC(=O)CBr)cc3)C[C@@]3(CO3)[C@@H]2O)O[C@@H]1C. The van der Waals surface area contributed by atoms with E-state index in [0.29, 0.717) is 37.2 Å². The van der Waals surface area contributed by atoms with Crippen LogP contribution in [-0.2, 0) is 28.6 Å². The first-order valence-electron chi connectivity index (χ1n) is 19.3. The molecule has 3 heterocycles. The van der Waals surface area contributed by atoms with E-state index in [1.54, 1.807) is 6.08 Å². The normalized spacial score (nSPS) is 28.7. The molecule has 0 aliphatic carbocycles. The van der Waals surface area contributed by atoms with Gasteiger partial charge >= 0.3 is 0 Å². The number of hydrogen-bond acceptors (Lipinski definition) is 9. The number of hydrazone groups is 1. The lowest BCUT2D eigenvalue weighted by atomic mass is 9.87. The molecule has 4 N–H and O–H groups in total. The van der Waals surface area contributed by atoms with Crippen LogP contribution in [-0.4, -0.2) is 95.8 Å². The van der Waals surface area contributed by atoms with Crippen molar-refractivity contribution in [3.8, 4) is 5.75 Å². The number of ether oxygens (including phenoxy) is 4. The van der Waals surface area contributed by atoms with Crippen molar-refractivity contribution < 1.29 is 38.4 Å². The van der Waals surface area contributed by atoms with Gasteiger partial charge in [-0.15, -0.1) is 0 Å². The fourth-order valence-corrected chi connectivity index (χ4v) is 6.91. The summed E-state index contributed by atoms with van der Waals surface area (Å²) < 4.78 is 24.1. The van der Waals surface area contributed by atoms with Crippen LogP contribution in [0.3, 0.4) is 0 Å². The number of hydrogen-bond donors (Lipinski definition) is 4. The Balaban J connectivity index is 1.21. The van der Waals surface area contributed by atoms with Crippen LogP contribution in [0.4, 0.5) is 0 Å². The van der Waals surface area contributed by atoms with Crippen LogP contribution in [0.2, 0.25) is 0 Å². The summed E-state index contributed by atoms with van der Waals surface area (Å²) in [6.45, 7) is 11.7. The number of amides is 3. The number of rotatable bonds is 19. The van der Waals surface area contributed by atoms with Crippen molar-refractivity contribution >= 4 is 39.4 Å². The first-order valence-corrected chi connectivity index (χ1v) is 20.4. The molecule has 1 aromatic carbocycles. The molecule has 0 unspecified atom stereocenters. The molecule has 0 saturated carbocycles. The number of carbonyl (C=O) groups is 3. The molecule has 3 aliphatic rings. The lowest BCUT2D eigenvalue weighted by Crippen LogP contribution is -2.50. The van der Waals surface area contributed by atoms with Crippen molar-refractivity contribution in [2.75, 3.05) is 25.1 Å². The third-order valence-corrected chi connectivity index (χ3v) is 10.6. The van der Waals surface area contributed by atoms with Gasteiger partial charge in [0, 0.05) is 13.0 Å². The minimum absolute atomic E-state index is 0.00525. The summed E-state index contributed by atoms with van der Waals surface area (Å²) >= 11 is 3.13. The lowest BCUT2D eigenvalue weighted by molar-refractivity contribution is -0.145. The fourth-order valence-electron chi connectivity index (χ4n) is 6.71. The molecular weight excluding hydrogens is 756 g/mol. The van der Waals surface area contributed by atoms with Crippen molar-refractivity contribution in [2.24, 2.45) is 11.0 Å². The van der Waals surface area contributed by atoms with Gasteiger partial charge in [0.15, 0.2) is 0 Å². The highest BCUT2D eigenvalue weighted by Crippen LogP contribution is 2.43. The molecule has 0 radical (unpaired) electrons. The molecule has 3 amide bonds. The molecular formula is C41H59BrN4O8. The van der Waals surface area contributed by atoms with Crippen LogP contribution in [0, 0.1) is 5.92 Å². The number of unbranched alkanes of at least 4 members (excludes halogenated alkanes) is 2. The largest absolute Gasteiger partial charge is 0.494 e. The van der Waals surface area contributed by atoms with E-state index in [9.17, 15) is 19.5 Å². The third kappa shape index (κ3) is 13.7. The molecule has 13 heteroatoms. The minimum atomic E-state index is -0.840. The van der Waals surface area contributed by atoms with Crippen molar-refractivity contribution in [2.45, 2.75) is 128 Å². The minimum Gasteiger partial charge on any atom is -0.494 e. The predicted octanol–water partition coefficient (Wildman–Crippen LogP) is 5.42. The molecule has 3 fully saturated rings. The van der Waals surface area contributed by atoms with E-state index in [0.717, 1.165) is 55.4 Å². The average molecular weight is 816 g/mol. The Morgan fingerprint density at radius 2 is 1.83 bits per heavy atom. The van der Waals surface area contributed by atoms with Crippen LogP contribution in [0.1, 0.15) is 91.5 Å². The second-order valence-electron chi connectivity index (χ2n) is 14.6. The number of aliphatic hydroxyl groups is 1. The maximum absolute atomic E-state index is 12.9. The van der Waals surface area contributed by atoms with E-state index in [1.807, 2.05) is 70.2 Å². The molecule has 0 bridgehead atoms. The molecule has 1 aromatic rings. The summed E-state index contributed by atoms with van der Waals surface area (Å²) in [5.41, 5.74) is 4.46. The van der Waals surface area contributed by atoms with Crippen molar-refractivity contribution in [1.82, 2.24) is 16.1 Å². The van der Waals surface area contributed by atoms with Gasteiger partial charge in [0.1, 0.15) is 23.6 Å². The number of nitrogens with zero attached hydrogens (tertiary/aromatic N) is 1. The number of nitrogens with one attached hydrogen (secondary N) is 3. The van der Waals surface area contributed by atoms with Crippen LogP contribution in [0.15, 0.2) is 65.3 Å². The van der Waals surface area contributed by atoms with E-state index >= 15 is 0 Å². The van der Waals surface area contributed by atoms with Crippen LogP contribution >= 0.6 is 15.9 Å². The Hall–Kier alpha value is -3.36. The summed E-state index contributed by atoms with van der Waals surface area (Å²) in [6.07, 6.45) is 13.0. The van der Waals surface area contributed by atoms with E-state index in [2.05, 4.69) is 50.1 Å². The number of alkyl halides is 1. The number of epoxide rings is 1. The van der Waals surface area contributed by atoms with E-state index in [4.69, 9.17) is 18.9 Å². The topological polar surface area (TPSA) is 160 Å². The van der Waals surface area contributed by atoms with Crippen molar-refractivity contribution in [3.63, 3.8) is 0 Å². The Bertz CT molecular complexity index is 1510. The number of carbonyl (C=O) groups excluding carboxylic acids is 3. The van der Waals surface area contributed by atoms with Crippen LogP contribution in [0.5, 0.6) is 5.75 Å². The van der Waals surface area contributed by atoms with Gasteiger partial charge in [0.25, 0.3) is 0 Å². The zero-order valence-corrected chi connectivity index (χ0v) is 33.9. The molecule has 0 aromatic heterocycles. The number of aliphatic hydroxyl groups excluding tert-OH is 1. The molecule has 3 saturated heterocycles. The first kappa shape index (κ1) is 43.4. The highest BCUT2D eigenvalue weighted by molar-refractivity contribution is 9.09. The summed E-state index contributed by atoms with van der Waals surface area (Å²) in [5, 5.41) is 21.6. The van der Waals surface area contributed by atoms with Crippen molar-refractivity contribution in [3.05, 3.63) is 65.8 Å². The second kappa shape index (κ2) is 21.7. The lowest BCUT2D eigenvalue weighted by Gasteiger charge is -2.39. The third-order valence-electron chi connectivity index (χ3n) is 10.1. The smallest absolute Gasteiger partial charge is 0.243 e. The molecule has 1 spiro atoms. The monoisotopic (exact) mass is 814 g/mol. The van der Waals surface area contributed by atoms with Gasteiger partial charge in [-0.05, 0) is 101 Å². The standard InChI is InChI=1S/C41H59BrN4O8/c1-6-7-11-37(47)44-34-22-28(3)35(53-30(34)5)18-12-27(2)13-19-36-40(50)41(26-52-41)24-33(54-36)23-38(48)46-45-29(4)31-14-16-32(17-15-31)51-21-10-8-9-20-43-39(49)25-42/h7,11-17,19,28,30,33-36,40,50H,6,8-10,18,20-26H2,1-5H3,(H,43,49)(H,44,47)(H,46,48)/b11-7-,19-13+,27-12+,45-29+/t28-,30+,33+,34+,35-,36+,40+,41+/m0/s1. The molecule has 298 valence electrons. The van der Waals surface area contributed by atoms with Crippen LogP contribution < -0.4 is 20.8 Å². The van der Waals surface area contributed by atoms with Gasteiger partial charge in [-0.3, -0.25) is 14.4 Å². The van der Waals surface area contributed by atoms with Gasteiger partial charge in [0.2, 0.25) is 17.7 Å². The van der Waals surface area contributed by atoms with Gasteiger partial charge in [-0.25, -0.2) is 5.43 Å². The molecule has 4 rings (SSSR count). The highest BCUT2D eigenvalue weighted by Gasteiger charge is 2.58. The van der Waals surface area contributed by atoms with Gasteiger partial charge < -0.3 is 34.7 Å². The zero-order chi connectivity index (χ0) is 39.1. The maximum Gasteiger partial charge on any atom is 0.243 e. The molecule has 8 atom stereocenters. The predicted molar refractivity (Wildman–Crippen MR) is 213 cm³/mol. The molecule has 54 heavy (non-hydrogen) atoms. The van der Waals surface area contributed by atoms with E-state index < -0.39 is 23.9 Å². The second-order valence-corrected chi connectivity index (χ2v) is 15.2. The quantitative estimate of drug-likeness (QED) is 0.0274. The van der Waals surface area contributed by atoms with E-state index in [-0.39, 0.29) is 48.3 Å². The number of benzene rings is 1. The highest BCUT2D eigenvalue weighted by atomic mass is 79.9. The Morgan fingerprint density at radius 1 is 1.07 bits per heavy atom. The summed E-state index contributed by atoms with van der Waals surface area (Å²) in [4.78, 5) is 36.4. The van der Waals surface area contributed by atoms with Gasteiger partial charge in [-0.2, -0.15) is 5.10 Å². The van der Waals surface area contributed by atoms with Crippen molar-refractivity contribution in [1.29, 1.82) is 0 Å². The summed E-state index contributed by atoms with van der Waals surface area (Å²) in [5.74, 6) is 0.648. The number of halogens is 1. The molecule has 3 aliphatic heterocycles. The number of allylic oxidation sites excluding steroid dienone is 3.